The van der Waals surface area contributed by atoms with Crippen molar-refractivity contribution in [2.45, 2.75) is 6.92 Å². The van der Waals surface area contributed by atoms with Crippen LogP contribution >= 0.6 is 0 Å². The standard InChI is InChI=1S/C14H20N2O3/c1-11-2-3-13(12(10-11)14(17)18)15-4-5-16-6-8-19-9-7-16/h2-3,10,15H,4-9H2,1H3,(H,17,18). The topological polar surface area (TPSA) is 61.8 Å². The van der Waals surface area contributed by atoms with E-state index in [1.165, 1.54) is 0 Å². The van der Waals surface area contributed by atoms with Crippen molar-refractivity contribution < 1.29 is 14.6 Å². The van der Waals surface area contributed by atoms with E-state index in [0.717, 1.165) is 45.0 Å². The van der Waals surface area contributed by atoms with E-state index in [1.807, 2.05) is 19.1 Å². The van der Waals surface area contributed by atoms with Gasteiger partial charge >= 0.3 is 5.97 Å². The van der Waals surface area contributed by atoms with Crippen LogP contribution in [-0.2, 0) is 4.74 Å². The lowest BCUT2D eigenvalue weighted by Crippen LogP contribution is -2.39. The average Bonchev–Trinajstić information content (AvgIpc) is 2.41. The van der Waals surface area contributed by atoms with Gasteiger partial charge in [0.1, 0.15) is 0 Å². The second-order valence-corrected chi connectivity index (χ2v) is 4.73. The van der Waals surface area contributed by atoms with Crippen molar-refractivity contribution in [3.05, 3.63) is 29.3 Å². The van der Waals surface area contributed by atoms with Gasteiger partial charge in [0.15, 0.2) is 0 Å². The van der Waals surface area contributed by atoms with Crippen LogP contribution in [0.15, 0.2) is 18.2 Å². The number of ether oxygens (including phenoxy) is 1. The summed E-state index contributed by atoms with van der Waals surface area (Å²) in [6.45, 7) is 6.99. The van der Waals surface area contributed by atoms with Gasteiger partial charge in [0.2, 0.25) is 0 Å². The Balaban J connectivity index is 1.89. The van der Waals surface area contributed by atoms with Crippen molar-refractivity contribution in [3.63, 3.8) is 0 Å². The quantitative estimate of drug-likeness (QED) is 0.842. The van der Waals surface area contributed by atoms with Crippen molar-refractivity contribution in [1.82, 2.24) is 4.90 Å². The number of aryl methyl sites for hydroxylation is 1. The number of anilines is 1. The van der Waals surface area contributed by atoms with E-state index < -0.39 is 5.97 Å². The molecule has 0 aliphatic carbocycles. The van der Waals surface area contributed by atoms with Gasteiger partial charge in [-0.1, -0.05) is 11.6 Å². The highest BCUT2D eigenvalue weighted by Gasteiger charge is 2.12. The van der Waals surface area contributed by atoms with Gasteiger partial charge in [0, 0.05) is 31.9 Å². The largest absolute Gasteiger partial charge is 0.478 e. The second-order valence-electron chi connectivity index (χ2n) is 4.73. The Morgan fingerprint density at radius 3 is 2.84 bits per heavy atom. The lowest BCUT2D eigenvalue weighted by molar-refractivity contribution is 0.0398. The summed E-state index contributed by atoms with van der Waals surface area (Å²) in [7, 11) is 0. The number of carbonyl (C=O) groups is 1. The Kier molecular flexibility index (Phi) is 4.76. The number of benzene rings is 1. The molecule has 0 spiro atoms. The highest BCUT2D eigenvalue weighted by molar-refractivity contribution is 5.94. The minimum absolute atomic E-state index is 0.335. The molecule has 0 atom stereocenters. The molecule has 1 aliphatic rings. The third kappa shape index (κ3) is 3.94. The van der Waals surface area contributed by atoms with Gasteiger partial charge < -0.3 is 15.2 Å². The van der Waals surface area contributed by atoms with Gasteiger partial charge in [-0.2, -0.15) is 0 Å². The number of nitrogens with one attached hydrogen (secondary N) is 1. The highest BCUT2D eigenvalue weighted by atomic mass is 16.5. The van der Waals surface area contributed by atoms with Gasteiger partial charge in [-0.15, -0.1) is 0 Å². The molecule has 1 heterocycles. The fourth-order valence-electron chi connectivity index (χ4n) is 2.16. The summed E-state index contributed by atoms with van der Waals surface area (Å²) >= 11 is 0. The molecular formula is C14H20N2O3. The van der Waals surface area contributed by atoms with Crippen LogP contribution in [0, 0.1) is 6.92 Å². The molecule has 0 aromatic heterocycles. The number of rotatable bonds is 5. The predicted molar refractivity (Wildman–Crippen MR) is 73.9 cm³/mol. The molecule has 5 heteroatoms. The Bertz CT molecular complexity index is 442. The molecular weight excluding hydrogens is 244 g/mol. The fraction of sp³-hybridized carbons (Fsp3) is 0.500. The van der Waals surface area contributed by atoms with E-state index in [-0.39, 0.29) is 0 Å². The zero-order valence-electron chi connectivity index (χ0n) is 11.2. The van der Waals surface area contributed by atoms with Crippen LogP contribution in [0.2, 0.25) is 0 Å². The predicted octanol–water partition coefficient (Wildman–Crippen LogP) is 1.44. The van der Waals surface area contributed by atoms with Crippen molar-refractivity contribution >= 4 is 11.7 Å². The van der Waals surface area contributed by atoms with Crippen molar-refractivity contribution in [1.29, 1.82) is 0 Å². The van der Waals surface area contributed by atoms with E-state index in [1.54, 1.807) is 6.07 Å². The zero-order valence-corrected chi connectivity index (χ0v) is 11.2. The number of morpholine rings is 1. The highest BCUT2D eigenvalue weighted by Crippen LogP contribution is 2.17. The van der Waals surface area contributed by atoms with Gasteiger partial charge in [-0.25, -0.2) is 4.79 Å². The average molecular weight is 264 g/mol. The fourth-order valence-corrected chi connectivity index (χ4v) is 2.16. The summed E-state index contributed by atoms with van der Waals surface area (Å²) < 4.78 is 5.29. The van der Waals surface area contributed by atoms with Gasteiger partial charge in [0.25, 0.3) is 0 Å². The molecule has 1 aromatic rings. The second kappa shape index (κ2) is 6.54. The Morgan fingerprint density at radius 2 is 2.16 bits per heavy atom. The minimum atomic E-state index is -0.891. The summed E-state index contributed by atoms with van der Waals surface area (Å²) in [5.74, 6) is -0.891. The van der Waals surface area contributed by atoms with Gasteiger partial charge in [0.05, 0.1) is 18.8 Å². The first-order chi connectivity index (χ1) is 9.16. The molecule has 1 saturated heterocycles. The summed E-state index contributed by atoms with van der Waals surface area (Å²) in [6.07, 6.45) is 0. The van der Waals surface area contributed by atoms with Crippen LogP contribution in [0.1, 0.15) is 15.9 Å². The van der Waals surface area contributed by atoms with Gasteiger partial charge in [-0.05, 0) is 19.1 Å². The van der Waals surface area contributed by atoms with Crippen molar-refractivity contribution in [2.24, 2.45) is 0 Å². The van der Waals surface area contributed by atoms with Gasteiger partial charge in [-0.3, -0.25) is 4.90 Å². The minimum Gasteiger partial charge on any atom is -0.478 e. The van der Waals surface area contributed by atoms with E-state index in [9.17, 15) is 9.90 Å². The molecule has 0 amide bonds. The first kappa shape index (κ1) is 13.8. The smallest absolute Gasteiger partial charge is 0.337 e. The molecule has 104 valence electrons. The maximum Gasteiger partial charge on any atom is 0.337 e. The van der Waals surface area contributed by atoms with E-state index >= 15 is 0 Å². The molecule has 0 radical (unpaired) electrons. The number of hydrogen-bond acceptors (Lipinski definition) is 4. The van der Waals surface area contributed by atoms with Crippen LogP contribution in [0.4, 0.5) is 5.69 Å². The van der Waals surface area contributed by atoms with Crippen LogP contribution < -0.4 is 5.32 Å². The maximum absolute atomic E-state index is 11.2. The van der Waals surface area contributed by atoms with Crippen LogP contribution in [-0.4, -0.2) is 55.4 Å². The number of hydrogen-bond donors (Lipinski definition) is 2. The summed E-state index contributed by atoms with van der Waals surface area (Å²) in [5, 5.41) is 12.4. The molecule has 1 aliphatic heterocycles. The lowest BCUT2D eigenvalue weighted by atomic mass is 10.1. The van der Waals surface area contributed by atoms with Crippen LogP contribution in [0.3, 0.4) is 0 Å². The normalized spacial score (nSPS) is 16.3. The summed E-state index contributed by atoms with van der Waals surface area (Å²) in [4.78, 5) is 13.5. The molecule has 0 unspecified atom stereocenters. The van der Waals surface area contributed by atoms with E-state index in [0.29, 0.717) is 11.3 Å². The number of carboxylic acids is 1. The molecule has 2 rings (SSSR count). The lowest BCUT2D eigenvalue weighted by Gasteiger charge is -2.26. The number of carboxylic acid groups (broad SMARTS) is 1. The zero-order chi connectivity index (χ0) is 13.7. The molecule has 1 fully saturated rings. The van der Waals surface area contributed by atoms with E-state index in [2.05, 4.69) is 10.2 Å². The first-order valence-corrected chi connectivity index (χ1v) is 6.55. The monoisotopic (exact) mass is 264 g/mol. The molecule has 19 heavy (non-hydrogen) atoms. The molecule has 0 saturated carbocycles. The van der Waals surface area contributed by atoms with Crippen molar-refractivity contribution in [3.8, 4) is 0 Å². The Labute approximate surface area is 113 Å². The summed E-state index contributed by atoms with van der Waals surface area (Å²) in [6, 6.07) is 5.45. The number of aromatic carboxylic acids is 1. The number of nitrogens with zero attached hydrogens (tertiary/aromatic N) is 1. The summed E-state index contributed by atoms with van der Waals surface area (Å²) in [5.41, 5.74) is 1.98. The Morgan fingerprint density at radius 1 is 1.42 bits per heavy atom. The van der Waals surface area contributed by atoms with E-state index in [4.69, 9.17) is 4.74 Å². The maximum atomic E-state index is 11.2. The Hall–Kier alpha value is -1.59. The van der Waals surface area contributed by atoms with Crippen LogP contribution in [0.5, 0.6) is 0 Å². The molecule has 0 bridgehead atoms. The van der Waals surface area contributed by atoms with Crippen molar-refractivity contribution in [2.75, 3.05) is 44.7 Å². The molecule has 5 nitrogen and oxygen atoms in total. The third-order valence-corrected chi connectivity index (χ3v) is 3.25. The van der Waals surface area contributed by atoms with Crippen LogP contribution in [0.25, 0.3) is 0 Å². The first-order valence-electron chi connectivity index (χ1n) is 6.55. The molecule has 1 aromatic carbocycles. The molecule has 2 N–H and O–H groups in total. The SMILES string of the molecule is Cc1ccc(NCCN2CCOCC2)c(C(=O)O)c1. The third-order valence-electron chi connectivity index (χ3n) is 3.25.